The predicted molar refractivity (Wildman–Crippen MR) is 146 cm³/mol. The summed E-state index contributed by atoms with van der Waals surface area (Å²) >= 11 is 0. The summed E-state index contributed by atoms with van der Waals surface area (Å²) in [6, 6.07) is 21.5. The van der Waals surface area contributed by atoms with Crippen LogP contribution in [0.4, 0.5) is 4.39 Å². The Balaban J connectivity index is 1.02. The summed E-state index contributed by atoms with van der Waals surface area (Å²) in [4.78, 5) is 27.3. The maximum absolute atomic E-state index is 13.5. The number of nitrogens with zero attached hydrogens (tertiary/aromatic N) is 3. The van der Waals surface area contributed by atoms with E-state index in [4.69, 9.17) is 4.74 Å². The van der Waals surface area contributed by atoms with E-state index in [9.17, 15) is 14.0 Å². The second kappa shape index (κ2) is 8.32. The summed E-state index contributed by atoms with van der Waals surface area (Å²) in [5.74, 6) is -0.731. The topological polar surface area (TPSA) is 67.7 Å². The molecule has 1 saturated heterocycles. The van der Waals surface area contributed by atoms with E-state index in [2.05, 4.69) is 17.2 Å². The lowest BCUT2D eigenvalue weighted by atomic mass is 9.80. The minimum atomic E-state index is -0.284. The second-order valence-corrected chi connectivity index (χ2v) is 11.2. The van der Waals surface area contributed by atoms with Gasteiger partial charge in [-0.3, -0.25) is 14.5 Å². The molecule has 2 aliphatic carbocycles. The molecule has 4 aliphatic rings. The maximum atomic E-state index is 13.5. The molecule has 1 saturated carbocycles. The summed E-state index contributed by atoms with van der Waals surface area (Å²) in [5, 5.41) is 4.61. The van der Waals surface area contributed by atoms with E-state index in [1.165, 1.54) is 22.6 Å². The number of carbonyl (C=O) groups is 2. The molecule has 7 heteroatoms. The number of rotatable bonds is 6. The molecule has 2 fully saturated rings. The minimum absolute atomic E-state index is 0.211. The van der Waals surface area contributed by atoms with Gasteiger partial charge in [-0.2, -0.15) is 5.10 Å². The lowest BCUT2D eigenvalue weighted by Crippen LogP contribution is -2.30. The molecule has 0 N–H and O–H groups in total. The third kappa shape index (κ3) is 3.27. The van der Waals surface area contributed by atoms with Crippen LogP contribution >= 0.6 is 0 Å². The minimum Gasteiger partial charge on any atom is -0.357 e. The largest absolute Gasteiger partial charge is 0.357 e. The lowest BCUT2D eigenvalue weighted by molar-refractivity contribution is 0.0642. The van der Waals surface area contributed by atoms with E-state index in [0.717, 1.165) is 60.2 Å². The Morgan fingerprint density at radius 3 is 2.35 bits per heavy atom. The molecule has 1 spiro atoms. The molecular weight excluding hydrogens is 505 g/mol. The van der Waals surface area contributed by atoms with Crippen LogP contribution in [0.3, 0.4) is 0 Å². The van der Waals surface area contributed by atoms with Crippen molar-refractivity contribution in [3.63, 3.8) is 0 Å². The molecule has 6 nitrogen and oxygen atoms in total. The van der Waals surface area contributed by atoms with Crippen LogP contribution in [0.15, 0.2) is 84.6 Å². The van der Waals surface area contributed by atoms with Gasteiger partial charge in [0.2, 0.25) is 0 Å². The van der Waals surface area contributed by atoms with Crippen molar-refractivity contribution in [2.24, 2.45) is 0 Å². The second-order valence-electron chi connectivity index (χ2n) is 11.2. The fourth-order valence-electron chi connectivity index (χ4n) is 7.08. The SMILES string of the molecule is O=C1c2ccccc2C(=O)N1Cc1ccccc1CC[C@]12CCC3=Cc4c(cnn4-c4ccc(F)cc4)CC31O2. The number of aryl methyl sites for hydroxylation is 1. The molecule has 2 aliphatic heterocycles. The van der Waals surface area contributed by atoms with Gasteiger partial charge in [0.25, 0.3) is 11.8 Å². The Labute approximate surface area is 230 Å². The lowest BCUT2D eigenvalue weighted by Gasteiger charge is -2.20. The number of aromatic nitrogens is 2. The van der Waals surface area contributed by atoms with E-state index in [1.807, 2.05) is 29.1 Å². The van der Waals surface area contributed by atoms with Crippen molar-refractivity contribution in [1.29, 1.82) is 0 Å². The molecule has 2 atom stereocenters. The number of halogens is 1. The average Bonchev–Trinajstić information content (AvgIpc) is 3.18. The first kappa shape index (κ1) is 23.5. The molecule has 1 aromatic heterocycles. The van der Waals surface area contributed by atoms with Crippen LogP contribution in [-0.4, -0.2) is 37.7 Å². The zero-order chi connectivity index (χ0) is 27.1. The summed E-state index contributed by atoms with van der Waals surface area (Å²) in [7, 11) is 0. The van der Waals surface area contributed by atoms with Crippen LogP contribution in [0.5, 0.6) is 0 Å². The van der Waals surface area contributed by atoms with Crippen LogP contribution in [0.25, 0.3) is 11.8 Å². The normalized spacial score (nSPS) is 23.9. The number of benzene rings is 3. The molecule has 8 rings (SSSR count). The molecule has 0 radical (unpaired) electrons. The van der Waals surface area contributed by atoms with Crippen molar-refractivity contribution < 1.29 is 18.7 Å². The summed E-state index contributed by atoms with van der Waals surface area (Å²) in [5.41, 5.74) is 6.91. The first-order chi connectivity index (χ1) is 19.5. The Hall–Kier alpha value is -4.36. The highest BCUT2D eigenvalue weighted by Gasteiger charge is 2.74. The summed E-state index contributed by atoms with van der Waals surface area (Å²) < 4.78 is 22.0. The van der Waals surface area contributed by atoms with Crippen LogP contribution in [0, 0.1) is 5.82 Å². The molecule has 0 bridgehead atoms. The number of carbonyl (C=O) groups excluding carboxylic acids is 2. The summed E-state index contributed by atoms with van der Waals surface area (Å²) in [6.07, 6.45) is 8.52. The van der Waals surface area contributed by atoms with Gasteiger partial charge in [0.15, 0.2) is 0 Å². The van der Waals surface area contributed by atoms with Crippen molar-refractivity contribution in [2.45, 2.75) is 49.9 Å². The summed E-state index contributed by atoms with van der Waals surface area (Å²) in [6.45, 7) is 0.263. The third-order valence-electron chi connectivity index (χ3n) is 9.21. The molecule has 3 heterocycles. The molecular formula is C33H26FN3O3. The molecule has 198 valence electrons. The fourth-order valence-corrected chi connectivity index (χ4v) is 7.08. The number of imide groups is 1. The van der Waals surface area contributed by atoms with Crippen LogP contribution in [0.1, 0.15) is 62.4 Å². The van der Waals surface area contributed by atoms with Gasteiger partial charge in [0, 0.05) is 12.0 Å². The Morgan fingerprint density at radius 1 is 0.900 bits per heavy atom. The van der Waals surface area contributed by atoms with E-state index < -0.39 is 0 Å². The average molecular weight is 532 g/mol. The van der Waals surface area contributed by atoms with Gasteiger partial charge in [0.05, 0.1) is 35.2 Å². The smallest absolute Gasteiger partial charge is 0.261 e. The number of amides is 2. The van der Waals surface area contributed by atoms with Crippen LogP contribution < -0.4 is 0 Å². The Kier molecular flexibility index (Phi) is 4.89. The van der Waals surface area contributed by atoms with Gasteiger partial charge in [0.1, 0.15) is 17.0 Å². The van der Waals surface area contributed by atoms with Gasteiger partial charge >= 0.3 is 0 Å². The Bertz CT molecular complexity index is 1720. The van der Waals surface area contributed by atoms with E-state index >= 15 is 0 Å². The van der Waals surface area contributed by atoms with Gasteiger partial charge in [-0.05, 0) is 84.9 Å². The molecule has 40 heavy (non-hydrogen) atoms. The quantitative estimate of drug-likeness (QED) is 0.237. The number of hydrogen-bond acceptors (Lipinski definition) is 4. The van der Waals surface area contributed by atoms with E-state index in [0.29, 0.717) is 11.1 Å². The first-order valence-electron chi connectivity index (χ1n) is 13.7. The number of epoxide rings is 1. The zero-order valence-electron chi connectivity index (χ0n) is 21.8. The maximum Gasteiger partial charge on any atom is 0.261 e. The Morgan fingerprint density at radius 2 is 1.60 bits per heavy atom. The number of hydrogen-bond donors (Lipinski definition) is 0. The monoisotopic (exact) mass is 531 g/mol. The highest BCUT2D eigenvalue weighted by atomic mass is 19.1. The molecule has 1 unspecified atom stereocenters. The van der Waals surface area contributed by atoms with Gasteiger partial charge in [-0.1, -0.05) is 36.4 Å². The molecule has 2 amide bonds. The van der Waals surface area contributed by atoms with Crippen LogP contribution in [0.2, 0.25) is 0 Å². The van der Waals surface area contributed by atoms with Gasteiger partial charge in [-0.15, -0.1) is 0 Å². The third-order valence-corrected chi connectivity index (χ3v) is 9.21. The van der Waals surface area contributed by atoms with Crippen molar-refractivity contribution in [3.05, 3.63) is 124 Å². The van der Waals surface area contributed by atoms with Crippen molar-refractivity contribution in [2.75, 3.05) is 0 Å². The van der Waals surface area contributed by atoms with Crippen molar-refractivity contribution in [1.82, 2.24) is 14.7 Å². The molecule has 3 aromatic carbocycles. The van der Waals surface area contributed by atoms with Crippen molar-refractivity contribution in [3.8, 4) is 5.69 Å². The zero-order valence-corrected chi connectivity index (χ0v) is 21.8. The van der Waals surface area contributed by atoms with Crippen LogP contribution in [-0.2, 0) is 24.1 Å². The highest BCUT2D eigenvalue weighted by molar-refractivity contribution is 6.21. The van der Waals surface area contributed by atoms with Gasteiger partial charge in [-0.25, -0.2) is 9.07 Å². The predicted octanol–water partition coefficient (Wildman–Crippen LogP) is 5.68. The van der Waals surface area contributed by atoms with E-state index in [1.54, 1.807) is 36.4 Å². The van der Waals surface area contributed by atoms with Crippen molar-refractivity contribution >= 4 is 17.9 Å². The standard InChI is InChI=1S/C33H26FN3O3/c34-25-9-11-26(12-10-25)37-29-17-24-14-16-32(33(24,40-32)18-23(29)19-35-37)15-13-21-5-1-2-6-22(21)20-36-30(38)27-7-3-4-8-28(27)31(36)39/h1-12,17,19H,13-16,18,20H2/t32-,33?/m0/s1. The van der Waals surface area contributed by atoms with Gasteiger partial charge < -0.3 is 4.74 Å². The molecule has 4 aromatic rings. The number of ether oxygens (including phenoxy) is 1. The number of fused-ring (bicyclic) bond motifs is 2. The highest BCUT2D eigenvalue weighted by Crippen LogP contribution is 2.67. The fraction of sp³-hybridized carbons (Fsp3) is 0.242. The first-order valence-corrected chi connectivity index (χ1v) is 13.7. The van der Waals surface area contributed by atoms with E-state index in [-0.39, 0.29) is 35.4 Å².